The molecule has 1 N–H and O–H groups in total. The Balaban J connectivity index is 2.20. The summed E-state index contributed by atoms with van der Waals surface area (Å²) in [7, 11) is 2.77. The molecule has 0 atom stereocenters. The Morgan fingerprint density at radius 1 is 1.05 bits per heavy atom. The van der Waals surface area contributed by atoms with Crippen molar-refractivity contribution in [3.05, 3.63) is 79.6 Å². The van der Waals surface area contributed by atoms with E-state index in [1.54, 1.807) is 56.3 Å². The van der Waals surface area contributed by atoms with Crippen molar-refractivity contribution >= 4 is 23.3 Å². The molecule has 198 valence electrons. The van der Waals surface area contributed by atoms with Crippen LogP contribution in [0, 0.1) is 5.41 Å². The van der Waals surface area contributed by atoms with Crippen molar-refractivity contribution in [3.63, 3.8) is 0 Å². The summed E-state index contributed by atoms with van der Waals surface area (Å²) in [5, 5.41) is 0.549. The van der Waals surface area contributed by atoms with Crippen molar-refractivity contribution in [2.24, 2.45) is 10.4 Å². The molecule has 0 radical (unpaired) electrons. The Hall–Kier alpha value is -3.79. The summed E-state index contributed by atoms with van der Waals surface area (Å²) in [6, 6.07) is 12.0. The third kappa shape index (κ3) is 6.71. The van der Waals surface area contributed by atoms with E-state index in [1.165, 1.54) is 18.8 Å². The normalized spacial score (nSPS) is 12.1. The number of ether oxygens (including phenoxy) is 3. The number of aromatic nitrogens is 3. The zero-order chi connectivity index (χ0) is 27.3. The van der Waals surface area contributed by atoms with E-state index in [0.29, 0.717) is 22.2 Å². The van der Waals surface area contributed by atoms with Crippen LogP contribution in [0.3, 0.4) is 0 Å². The Morgan fingerprint density at radius 3 is 2.32 bits per heavy atom. The molecule has 0 spiro atoms. The monoisotopic (exact) mass is 530 g/mol. The van der Waals surface area contributed by atoms with Gasteiger partial charge in [-0.1, -0.05) is 23.7 Å². The summed E-state index contributed by atoms with van der Waals surface area (Å²) in [5.41, 5.74) is -1.26. The van der Waals surface area contributed by atoms with E-state index in [0.717, 1.165) is 10.1 Å². The standard InChI is InChI=1S/C26H31ClN4O6/c1-16(2)37-20-12-11-19(13-21(20)35-5)28-23-29-24(33)31(15-26(3,4)22(32)36-6)25(34)30(23)14-17-7-9-18(27)10-8-17/h7-13,16H,14-15H2,1-6H3,(H,28,29,33). The first kappa shape index (κ1) is 27.8. The van der Waals surface area contributed by atoms with Gasteiger partial charge in [-0.25, -0.2) is 19.1 Å². The van der Waals surface area contributed by atoms with Crippen molar-refractivity contribution in [2.75, 3.05) is 14.2 Å². The van der Waals surface area contributed by atoms with Crippen LogP contribution in [0.15, 0.2) is 57.0 Å². The maximum atomic E-state index is 13.6. The van der Waals surface area contributed by atoms with Crippen LogP contribution in [0.25, 0.3) is 0 Å². The van der Waals surface area contributed by atoms with Crippen LogP contribution in [-0.2, 0) is 22.6 Å². The van der Waals surface area contributed by atoms with Gasteiger partial charge in [0.1, 0.15) is 0 Å². The molecule has 0 aliphatic rings. The number of carbonyl (C=O) groups is 1. The Labute approximate surface area is 219 Å². The molecule has 0 amide bonds. The van der Waals surface area contributed by atoms with Crippen molar-refractivity contribution in [1.82, 2.24) is 14.1 Å². The molecule has 3 aromatic rings. The summed E-state index contributed by atoms with van der Waals surface area (Å²) in [6.45, 7) is 6.90. The van der Waals surface area contributed by atoms with Gasteiger partial charge in [0.15, 0.2) is 11.5 Å². The highest BCUT2D eigenvalue weighted by Crippen LogP contribution is 2.31. The topological polar surface area (TPSA) is 117 Å². The molecule has 0 aliphatic heterocycles. The molecule has 2 aromatic carbocycles. The van der Waals surface area contributed by atoms with E-state index in [9.17, 15) is 14.4 Å². The third-order valence-corrected chi connectivity index (χ3v) is 5.72. The number of carbonyl (C=O) groups excluding carboxylic acids is 1. The SMILES string of the molecule is COC(=O)C(C)(C)Cn1c(=O)[nH]/c(=N\c2ccc(OC(C)C)c(OC)c2)n(Cc2ccc(Cl)cc2)c1=O. The summed E-state index contributed by atoms with van der Waals surface area (Å²) < 4.78 is 18.3. The van der Waals surface area contributed by atoms with Crippen LogP contribution in [0.1, 0.15) is 33.3 Å². The lowest BCUT2D eigenvalue weighted by Crippen LogP contribution is -2.52. The van der Waals surface area contributed by atoms with Gasteiger partial charge in [0.05, 0.1) is 38.0 Å². The second-order valence-corrected chi connectivity index (χ2v) is 9.76. The first-order valence-corrected chi connectivity index (χ1v) is 12.0. The third-order valence-electron chi connectivity index (χ3n) is 5.47. The van der Waals surface area contributed by atoms with E-state index < -0.39 is 22.8 Å². The number of halogens is 1. The van der Waals surface area contributed by atoms with Crippen LogP contribution in [0.4, 0.5) is 5.69 Å². The van der Waals surface area contributed by atoms with Crippen LogP contribution in [0.5, 0.6) is 11.5 Å². The van der Waals surface area contributed by atoms with E-state index in [-0.39, 0.29) is 24.8 Å². The Morgan fingerprint density at radius 2 is 1.73 bits per heavy atom. The predicted octanol–water partition coefficient (Wildman–Crippen LogP) is 3.27. The molecular formula is C26H31ClN4O6. The fourth-order valence-electron chi connectivity index (χ4n) is 3.63. The highest BCUT2D eigenvalue weighted by Gasteiger charge is 2.31. The molecule has 3 rings (SSSR count). The Bertz CT molecular complexity index is 1450. The van der Waals surface area contributed by atoms with Crippen LogP contribution >= 0.6 is 11.6 Å². The molecule has 0 saturated carbocycles. The number of nitrogens with zero attached hydrogens (tertiary/aromatic N) is 3. The van der Waals surface area contributed by atoms with Gasteiger partial charge in [-0.05, 0) is 57.5 Å². The zero-order valence-electron chi connectivity index (χ0n) is 21.7. The summed E-state index contributed by atoms with van der Waals surface area (Å²) >= 11 is 6.01. The quantitative estimate of drug-likeness (QED) is 0.424. The molecule has 11 heteroatoms. The minimum absolute atomic E-state index is 0.0247. The van der Waals surface area contributed by atoms with Crippen molar-refractivity contribution in [1.29, 1.82) is 0 Å². The highest BCUT2D eigenvalue weighted by molar-refractivity contribution is 6.30. The predicted molar refractivity (Wildman–Crippen MR) is 140 cm³/mol. The van der Waals surface area contributed by atoms with E-state index >= 15 is 0 Å². The number of hydrogen-bond donors (Lipinski definition) is 1. The number of esters is 1. The van der Waals surface area contributed by atoms with Crippen molar-refractivity contribution in [2.45, 2.75) is 46.9 Å². The van der Waals surface area contributed by atoms with E-state index in [4.69, 9.17) is 25.8 Å². The minimum atomic E-state index is -1.12. The average Bonchev–Trinajstić information content (AvgIpc) is 2.85. The first-order chi connectivity index (χ1) is 17.4. The lowest BCUT2D eigenvalue weighted by molar-refractivity contribution is -0.151. The average molecular weight is 531 g/mol. The fourth-order valence-corrected chi connectivity index (χ4v) is 3.76. The van der Waals surface area contributed by atoms with Gasteiger partial charge in [0.25, 0.3) is 0 Å². The number of H-pyrrole nitrogens is 1. The second-order valence-electron chi connectivity index (χ2n) is 9.32. The van der Waals surface area contributed by atoms with E-state index in [2.05, 4.69) is 9.98 Å². The number of aromatic amines is 1. The lowest BCUT2D eigenvalue weighted by atomic mass is 9.94. The smallest absolute Gasteiger partial charge is 0.335 e. The molecule has 0 fully saturated rings. The number of hydrogen-bond acceptors (Lipinski definition) is 7. The Kier molecular flexibility index (Phi) is 8.65. The van der Waals surface area contributed by atoms with Gasteiger partial charge in [0, 0.05) is 17.6 Å². The lowest BCUT2D eigenvalue weighted by Gasteiger charge is -2.22. The largest absolute Gasteiger partial charge is 0.493 e. The van der Waals surface area contributed by atoms with E-state index in [1.807, 2.05) is 13.8 Å². The first-order valence-electron chi connectivity index (χ1n) is 11.6. The molecule has 0 bridgehead atoms. The second kappa shape index (κ2) is 11.5. The van der Waals surface area contributed by atoms with Crippen molar-refractivity contribution < 1.29 is 19.0 Å². The molecule has 0 aliphatic carbocycles. The van der Waals surface area contributed by atoms with Crippen LogP contribution < -0.4 is 26.5 Å². The molecule has 0 unspecified atom stereocenters. The van der Waals surface area contributed by atoms with Crippen LogP contribution in [0.2, 0.25) is 5.02 Å². The molecule has 1 aromatic heterocycles. The van der Waals surface area contributed by atoms with Gasteiger partial charge in [-0.15, -0.1) is 0 Å². The number of benzene rings is 2. The maximum absolute atomic E-state index is 13.6. The van der Waals surface area contributed by atoms with Gasteiger partial charge in [0.2, 0.25) is 5.62 Å². The van der Waals surface area contributed by atoms with Gasteiger partial charge < -0.3 is 14.2 Å². The molecule has 37 heavy (non-hydrogen) atoms. The zero-order valence-corrected chi connectivity index (χ0v) is 22.5. The number of nitrogens with one attached hydrogen (secondary N) is 1. The summed E-state index contributed by atoms with van der Waals surface area (Å²) in [4.78, 5) is 46.0. The van der Waals surface area contributed by atoms with Crippen molar-refractivity contribution in [3.8, 4) is 11.5 Å². The summed E-state index contributed by atoms with van der Waals surface area (Å²) in [5.74, 6) is 0.446. The summed E-state index contributed by atoms with van der Waals surface area (Å²) in [6.07, 6.45) is -0.0589. The molecule has 1 heterocycles. The van der Waals surface area contributed by atoms with Gasteiger partial charge in [-0.2, -0.15) is 0 Å². The minimum Gasteiger partial charge on any atom is -0.493 e. The molecular weight excluding hydrogens is 500 g/mol. The van der Waals surface area contributed by atoms with Gasteiger partial charge >= 0.3 is 17.3 Å². The number of methoxy groups -OCH3 is 2. The van der Waals surface area contributed by atoms with Crippen LogP contribution in [-0.4, -0.2) is 40.4 Å². The maximum Gasteiger partial charge on any atom is 0.335 e. The fraction of sp³-hybridized carbons (Fsp3) is 0.385. The molecule has 10 nitrogen and oxygen atoms in total. The molecule has 0 saturated heterocycles. The number of rotatable bonds is 9. The van der Waals surface area contributed by atoms with Gasteiger partial charge in [-0.3, -0.25) is 14.3 Å². The highest BCUT2D eigenvalue weighted by atomic mass is 35.5.